The molecular formula is C50H38N4. The van der Waals surface area contributed by atoms with Crippen LogP contribution in [-0.4, -0.2) is 15.0 Å². The third kappa shape index (κ3) is 5.30. The molecule has 8 aromatic rings. The molecule has 0 saturated heterocycles. The van der Waals surface area contributed by atoms with Gasteiger partial charge in [0, 0.05) is 16.7 Å². The van der Waals surface area contributed by atoms with Gasteiger partial charge in [-0.3, -0.25) is 0 Å². The van der Waals surface area contributed by atoms with E-state index in [0.717, 1.165) is 61.6 Å². The summed E-state index contributed by atoms with van der Waals surface area (Å²) in [6, 6.07) is 51.8. The Balaban J connectivity index is 0.994. The summed E-state index contributed by atoms with van der Waals surface area (Å²) in [5.74, 6) is 4.73. The van der Waals surface area contributed by atoms with Crippen LogP contribution < -0.4 is 0 Å². The maximum Gasteiger partial charge on any atom is 0.164 e. The molecular weight excluding hydrogens is 657 g/mol. The Hall–Kier alpha value is -6.18. The Morgan fingerprint density at radius 3 is 1.57 bits per heavy atom. The molecule has 0 atom stereocenters. The highest BCUT2D eigenvalue weighted by atomic mass is 15.0. The largest absolute Gasteiger partial charge is 0.208 e. The molecule has 0 radical (unpaired) electrons. The second-order valence-corrected chi connectivity index (χ2v) is 16.3. The second kappa shape index (κ2) is 12.2. The van der Waals surface area contributed by atoms with Gasteiger partial charge in [0.25, 0.3) is 0 Å². The minimum Gasteiger partial charge on any atom is -0.208 e. The van der Waals surface area contributed by atoms with E-state index in [-0.39, 0.29) is 0 Å². The maximum absolute atomic E-state index is 9.43. The van der Waals surface area contributed by atoms with Crippen LogP contribution in [0.25, 0.3) is 77.6 Å². The van der Waals surface area contributed by atoms with Gasteiger partial charge in [-0.15, -0.1) is 0 Å². The molecule has 4 nitrogen and oxygen atoms in total. The smallest absolute Gasteiger partial charge is 0.164 e. The van der Waals surface area contributed by atoms with Gasteiger partial charge in [0.1, 0.15) is 0 Å². The van der Waals surface area contributed by atoms with E-state index in [1.165, 1.54) is 60.4 Å². The molecule has 0 spiro atoms. The predicted octanol–water partition coefficient (Wildman–Crippen LogP) is 12.3. The van der Waals surface area contributed by atoms with Gasteiger partial charge in [-0.25, -0.2) is 15.0 Å². The molecule has 1 heterocycles. The lowest BCUT2D eigenvalue weighted by atomic mass is 9.48. The highest BCUT2D eigenvalue weighted by molar-refractivity contribution is 6.08. The van der Waals surface area contributed by atoms with Crippen molar-refractivity contribution in [3.8, 4) is 51.4 Å². The van der Waals surface area contributed by atoms with E-state index in [0.29, 0.717) is 28.5 Å². The van der Waals surface area contributed by atoms with Crippen molar-refractivity contribution in [3.05, 3.63) is 151 Å². The normalized spacial score (nSPS) is 21.5. The highest BCUT2D eigenvalue weighted by Gasteiger charge is 2.51. The van der Waals surface area contributed by atoms with Crippen molar-refractivity contribution >= 4 is 32.3 Å². The van der Waals surface area contributed by atoms with Crippen LogP contribution in [0.5, 0.6) is 0 Å². The first-order valence-electron chi connectivity index (χ1n) is 19.4. The van der Waals surface area contributed by atoms with E-state index in [1.54, 1.807) is 0 Å². The Kier molecular flexibility index (Phi) is 7.07. The first kappa shape index (κ1) is 31.4. The summed E-state index contributed by atoms with van der Waals surface area (Å²) in [6.45, 7) is 0. The van der Waals surface area contributed by atoms with Gasteiger partial charge in [-0.1, -0.05) is 115 Å². The maximum atomic E-state index is 9.43. The van der Waals surface area contributed by atoms with E-state index in [9.17, 15) is 5.26 Å². The molecule has 4 aliphatic carbocycles. The molecule has 4 heteroatoms. The van der Waals surface area contributed by atoms with Gasteiger partial charge in [0.15, 0.2) is 17.5 Å². The average Bonchev–Trinajstić information content (AvgIpc) is 3.22. The fraction of sp³-hybridized carbons (Fsp3) is 0.200. The Bertz CT molecular complexity index is 2780. The van der Waals surface area contributed by atoms with Crippen LogP contribution in [0.15, 0.2) is 140 Å². The monoisotopic (exact) mass is 694 g/mol. The zero-order valence-electron chi connectivity index (χ0n) is 30.0. The van der Waals surface area contributed by atoms with Gasteiger partial charge in [-0.05, 0) is 135 Å². The van der Waals surface area contributed by atoms with Gasteiger partial charge in [0.05, 0.1) is 11.6 Å². The lowest BCUT2D eigenvalue weighted by Crippen LogP contribution is -2.48. The number of benzene rings is 7. The van der Waals surface area contributed by atoms with Crippen molar-refractivity contribution in [1.82, 2.24) is 15.0 Å². The third-order valence-corrected chi connectivity index (χ3v) is 12.9. The van der Waals surface area contributed by atoms with Crippen LogP contribution in [0.4, 0.5) is 0 Å². The summed E-state index contributed by atoms with van der Waals surface area (Å²) in [5, 5.41) is 16.3. The van der Waals surface area contributed by atoms with E-state index < -0.39 is 0 Å². The van der Waals surface area contributed by atoms with Crippen molar-refractivity contribution in [2.75, 3.05) is 0 Å². The summed E-state index contributed by atoms with van der Waals surface area (Å²) in [4.78, 5) is 15.4. The van der Waals surface area contributed by atoms with Crippen molar-refractivity contribution < 1.29 is 0 Å². The third-order valence-electron chi connectivity index (χ3n) is 12.9. The molecule has 0 unspecified atom stereocenters. The molecule has 4 bridgehead atoms. The Morgan fingerprint density at radius 1 is 0.444 bits per heavy atom. The van der Waals surface area contributed by atoms with Crippen LogP contribution in [0.2, 0.25) is 0 Å². The number of rotatable bonds is 5. The summed E-state index contributed by atoms with van der Waals surface area (Å²) in [5.41, 5.74) is 7.77. The molecule has 12 rings (SSSR count). The molecule has 7 aromatic carbocycles. The SMILES string of the molecule is N#Cc1ccc2c(ccc3cc(-c4nc(-c5ccc(-c6ccc7ccccc7c6)cc5)nc(-c5ccc(C67C[C@H]8C[C@@H](C6)C[C@@H](C7)C8)cc5)n4)ccc32)c1. The molecule has 0 N–H and O–H groups in total. The lowest BCUT2D eigenvalue weighted by molar-refractivity contribution is -0.00518. The first-order chi connectivity index (χ1) is 26.6. The number of fused-ring (bicyclic) bond motifs is 4. The molecule has 54 heavy (non-hydrogen) atoms. The number of nitrogens with zero attached hydrogens (tertiary/aromatic N) is 4. The molecule has 0 amide bonds. The van der Waals surface area contributed by atoms with Crippen LogP contribution >= 0.6 is 0 Å². The zero-order valence-corrected chi connectivity index (χ0v) is 30.0. The van der Waals surface area contributed by atoms with Crippen LogP contribution in [0, 0.1) is 29.1 Å². The van der Waals surface area contributed by atoms with E-state index in [2.05, 4.69) is 127 Å². The number of hydrogen-bond acceptors (Lipinski definition) is 4. The minimum atomic E-state index is 0.348. The molecule has 258 valence electrons. The quantitative estimate of drug-likeness (QED) is 0.168. The van der Waals surface area contributed by atoms with Gasteiger partial charge in [-0.2, -0.15) is 5.26 Å². The van der Waals surface area contributed by atoms with Crippen molar-refractivity contribution in [2.45, 2.75) is 43.9 Å². The molecule has 4 saturated carbocycles. The predicted molar refractivity (Wildman–Crippen MR) is 219 cm³/mol. The van der Waals surface area contributed by atoms with Crippen molar-refractivity contribution in [1.29, 1.82) is 5.26 Å². The zero-order chi connectivity index (χ0) is 35.8. The van der Waals surface area contributed by atoms with Crippen LogP contribution in [-0.2, 0) is 5.41 Å². The number of hydrogen-bond donors (Lipinski definition) is 0. The van der Waals surface area contributed by atoms with Gasteiger partial charge >= 0.3 is 0 Å². The van der Waals surface area contributed by atoms with E-state index >= 15 is 0 Å². The van der Waals surface area contributed by atoms with Crippen molar-refractivity contribution in [3.63, 3.8) is 0 Å². The minimum absolute atomic E-state index is 0.348. The van der Waals surface area contributed by atoms with Crippen LogP contribution in [0.3, 0.4) is 0 Å². The summed E-state index contributed by atoms with van der Waals surface area (Å²) in [6.07, 6.45) is 8.40. The summed E-state index contributed by atoms with van der Waals surface area (Å²) < 4.78 is 0. The van der Waals surface area contributed by atoms with E-state index in [4.69, 9.17) is 15.0 Å². The fourth-order valence-electron chi connectivity index (χ4n) is 10.7. The highest BCUT2D eigenvalue weighted by Crippen LogP contribution is 2.60. The second-order valence-electron chi connectivity index (χ2n) is 16.3. The molecule has 0 aliphatic heterocycles. The first-order valence-corrected chi connectivity index (χ1v) is 19.4. The lowest BCUT2D eigenvalue weighted by Gasteiger charge is -2.57. The van der Waals surface area contributed by atoms with Crippen LogP contribution in [0.1, 0.15) is 49.7 Å². The summed E-state index contributed by atoms with van der Waals surface area (Å²) in [7, 11) is 0. The average molecular weight is 695 g/mol. The van der Waals surface area contributed by atoms with Gasteiger partial charge in [0.2, 0.25) is 0 Å². The molecule has 1 aromatic heterocycles. The van der Waals surface area contributed by atoms with Gasteiger partial charge < -0.3 is 0 Å². The molecule has 4 aliphatic rings. The standard InChI is InChI=1S/C50H38N4/c51-30-31-5-19-45-41(24-31)12-13-42-26-43(16-20-46(42)45)49-53-47(37-9-6-36(7-10-37)40-11-8-35-3-1-2-4-39(35)25-40)52-48(54-49)38-14-17-44(18-15-38)50-27-32-21-33(28-50)23-34(22-32)29-50/h1-20,24-26,32-34H,21-23,27-29H2/t32-,33+,34-,50?. The van der Waals surface area contributed by atoms with E-state index in [1.807, 2.05) is 18.2 Å². The number of nitriles is 1. The Morgan fingerprint density at radius 2 is 0.926 bits per heavy atom. The van der Waals surface area contributed by atoms with Crippen molar-refractivity contribution in [2.24, 2.45) is 17.8 Å². The molecule has 4 fully saturated rings. The number of aromatic nitrogens is 3. The fourth-order valence-corrected chi connectivity index (χ4v) is 10.7. The Labute approximate surface area is 315 Å². The topological polar surface area (TPSA) is 62.5 Å². The summed E-state index contributed by atoms with van der Waals surface area (Å²) >= 11 is 0.